The number of fused-ring (bicyclic) bond motifs is 1. The van der Waals surface area contributed by atoms with Crippen LogP contribution in [0.1, 0.15) is 11.4 Å². The van der Waals surface area contributed by atoms with Crippen molar-refractivity contribution < 1.29 is 10.2 Å². The van der Waals surface area contributed by atoms with Gasteiger partial charge in [0.15, 0.2) is 0 Å². The molecule has 3 N–H and O–H groups in total. The summed E-state index contributed by atoms with van der Waals surface area (Å²) in [4.78, 5) is 7.43. The summed E-state index contributed by atoms with van der Waals surface area (Å²) in [5.41, 5.74) is 2.27. The number of nitrogens with one attached hydrogen (secondary N) is 1. The Morgan fingerprint density at radius 3 is 2.73 bits per heavy atom. The average Bonchev–Trinajstić information content (AvgIpc) is 2.93. The summed E-state index contributed by atoms with van der Waals surface area (Å²) < 4.78 is 0.429. The van der Waals surface area contributed by atoms with Crippen LogP contribution in [0.25, 0.3) is 22.7 Å². The van der Waals surface area contributed by atoms with E-state index in [0.29, 0.717) is 15.9 Å². The molecule has 6 heteroatoms. The number of hydrogen-bond donors (Lipinski definition) is 3. The van der Waals surface area contributed by atoms with Gasteiger partial charge in [-0.25, -0.2) is 4.98 Å². The molecule has 0 amide bonds. The summed E-state index contributed by atoms with van der Waals surface area (Å²) in [6.45, 7) is 0. The lowest BCUT2D eigenvalue weighted by Crippen LogP contribution is -1.86. The van der Waals surface area contributed by atoms with Gasteiger partial charge in [-0.1, -0.05) is 12.1 Å². The molecule has 22 heavy (non-hydrogen) atoms. The Hall–Kier alpha value is -2.78. The predicted octanol–water partition coefficient (Wildman–Crippen LogP) is 3.80. The van der Waals surface area contributed by atoms with Gasteiger partial charge in [-0.2, -0.15) is 5.26 Å². The molecule has 0 bridgehead atoms. The molecule has 108 valence electrons. The Bertz CT molecular complexity index is 905. The fourth-order valence-electron chi connectivity index (χ4n) is 2.07. The van der Waals surface area contributed by atoms with Gasteiger partial charge in [-0.05, 0) is 40.2 Å². The van der Waals surface area contributed by atoms with Crippen LogP contribution in [-0.4, -0.2) is 20.2 Å². The number of aromatic amines is 1. The van der Waals surface area contributed by atoms with Gasteiger partial charge in [0.25, 0.3) is 0 Å². The quantitative estimate of drug-likeness (QED) is 0.609. The third-order valence-corrected chi connectivity index (χ3v) is 3.80. The van der Waals surface area contributed by atoms with E-state index in [9.17, 15) is 15.5 Å². The highest BCUT2D eigenvalue weighted by molar-refractivity contribution is 9.10. The normalized spacial score (nSPS) is 11.5. The second kappa shape index (κ2) is 5.54. The third kappa shape index (κ3) is 2.54. The molecule has 2 aromatic carbocycles. The highest BCUT2D eigenvalue weighted by Crippen LogP contribution is 2.33. The van der Waals surface area contributed by atoms with Gasteiger partial charge >= 0.3 is 0 Å². The van der Waals surface area contributed by atoms with Gasteiger partial charge in [-0.3, -0.25) is 0 Å². The van der Waals surface area contributed by atoms with Crippen LogP contribution in [0, 0.1) is 11.3 Å². The zero-order valence-electron chi connectivity index (χ0n) is 11.2. The molecule has 0 radical (unpaired) electrons. The van der Waals surface area contributed by atoms with Gasteiger partial charge in [0.2, 0.25) is 0 Å². The number of phenolic OH excluding ortho intramolecular Hbond substituents is 2. The van der Waals surface area contributed by atoms with Crippen molar-refractivity contribution in [1.82, 2.24) is 9.97 Å². The summed E-state index contributed by atoms with van der Waals surface area (Å²) in [5, 5.41) is 28.8. The Morgan fingerprint density at radius 1 is 1.23 bits per heavy atom. The fraction of sp³-hybridized carbons (Fsp3) is 0. The molecule has 1 heterocycles. The SMILES string of the molecule is N#C/C(=C\c1cc(Br)c(O)cc1O)c1nc2ccccc2[nH]1. The largest absolute Gasteiger partial charge is 0.507 e. The lowest BCUT2D eigenvalue weighted by molar-refractivity contribution is 0.447. The molecule has 0 spiro atoms. The zero-order chi connectivity index (χ0) is 15.7. The van der Waals surface area contributed by atoms with Crippen LogP contribution in [0.2, 0.25) is 0 Å². The molecule has 3 rings (SSSR count). The zero-order valence-corrected chi connectivity index (χ0v) is 12.8. The van der Waals surface area contributed by atoms with Crippen LogP contribution in [0.4, 0.5) is 0 Å². The summed E-state index contributed by atoms with van der Waals surface area (Å²) >= 11 is 3.18. The highest BCUT2D eigenvalue weighted by Gasteiger charge is 2.10. The highest BCUT2D eigenvalue weighted by atomic mass is 79.9. The van der Waals surface area contributed by atoms with E-state index in [0.717, 1.165) is 11.0 Å². The number of halogens is 1. The minimum absolute atomic E-state index is 0.0723. The van der Waals surface area contributed by atoms with Gasteiger partial charge in [0, 0.05) is 11.6 Å². The number of phenols is 2. The van der Waals surface area contributed by atoms with Crippen molar-refractivity contribution in [2.45, 2.75) is 0 Å². The monoisotopic (exact) mass is 355 g/mol. The minimum Gasteiger partial charge on any atom is -0.507 e. The van der Waals surface area contributed by atoms with Crippen molar-refractivity contribution >= 4 is 38.6 Å². The van der Waals surface area contributed by atoms with E-state index >= 15 is 0 Å². The van der Waals surface area contributed by atoms with Crippen LogP contribution >= 0.6 is 15.9 Å². The molecule has 1 aromatic heterocycles. The van der Waals surface area contributed by atoms with E-state index < -0.39 is 0 Å². The van der Waals surface area contributed by atoms with Crippen LogP contribution in [0.3, 0.4) is 0 Å². The molecule has 5 nitrogen and oxygen atoms in total. The Balaban J connectivity index is 2.11. The molecule has 3 aromatic rings. The fourth-order valence-corrected chi connectivity index (χ4v) is 2.43. The maximum absolute atomic E-state index is 9.88. The number of aromatic hydroxyl groups is 2. The first kappa shape index (κ1) is 14.2. The maximum atomic E-state index is 9.88. The summed E-state index contributed by atoms with van der Waals surface area (Å²) in [6.07, 6.45) is 1.51. The maximum Gasteiger partial charge on any atom is 0.149 e. The van der Waals surface area contributed by atoms with Crippen molar-refractivity contribution in [2.75, 3.05) is 0 Å². The molecule has 0 aliphatic rings. The smallest absolute Gasteiger partial charge is 0.149 e. The Kier molecular flexibility index (Phi) is 3.57. The first-order chi connectivity index (χ1) is 10.6. The van der Waals surface area contributed by atoms with Gasteiger partial charge in [0.05, 0.1) is 21.1 Å². The standard InChI is InChI=1S/C16H10BrN3O2/c17-11-6-9(14(21)7-15(11)22)5-10(8-18)16-19-12-3-1-2-4-13(12)20-16/h1-7,21-22H,(H,19,20)/b10-5+. The number of H-pyrrole nitrogens is 1. The summed E-state index contributed by atoms with van der Waals surface area (Å²) in [6, 6.07) is 12.3. The third-order valence-electron chi connectivity index (χ3n) is 3.16. The molecule has 0 saturated heterocycles. The van der Waals surface area contributed by atoms with E-state index in [4.69, 9.17) is 0 Å². The molecular formula is C16H10BrN3O2. The van der Waals surface area contributed by atoms with Crippen LogP contribution in [0.5, 0.6) is 11.5 Å². The Morgan fingerprint density at radius 2 is 2.00 bits per heavy atom. The van der Waals surface area contributed by atoms with Crippen molar-refractivity contribution in [3.05, 3.63) is 52.3 Å². The van der Waals surface area contributed by atoms with Crippen molar-refractivity contribution in [3.63, 3.8) is 0 Å². The van der Waals surface area contributed by atoms with Crippen LogP contribution < -0.4 is 0 Å². The number of aromatic nitrogens is 2. The number of nitrogens with zero attached hydrogens (tertiary/aromatic N) is 2. The molecule has 0 aliphatic carbocycles. The van der Waals surface area contributed by atoms with E-state index in [2.05, 4.69) is 32.0 Å². The Labute approximate surface area is 134 Å². The number of nitriles is 1. The molecular weight excluding hydrogens is 346 g/mol. The molecule has 0 unspecified atom stereocenters. The number of allylic oxidation sites excluding steroid dienone is 1. The van der Waals surface area contributed by atoms with E-state index in [-0.39, 0.29) is 17.1 Å². The molecule has 0 fully saturated rings. The summed E-state index contributed by atoms with van der Waals surface area (Å²) in [7, 11) is 0. The van der Waals surface area contributed by atoms with E-state index in [1.807, 2.05) is 24.3 Å². The van der Waals surface area contributed by atoms with Crippen LogP contribution in [0.15, 0.2) is 40.9 Å². The summed E-state index contributed by atoms with van der Waals surface area (Å²) in [5.74, 6) is 0.230. The van der Waals surface area contributed by atoms with E-state index in [1.165, 1.54) is 18.2 Å². The first-order valence-electron chi connectivity index (χ1n) is 6.37. The average molecular weight is 356 g/mol. The lowest BCUT2D eigenvalue weighted by Gasteiger charge is -2.03. The lowest BCUT2D eigenvalue weighted by atomic mass is 10.1. The van der Waals surface area contributed by atoms with Gasteiger partial charge in [-0.15, -0.1) is 0 Å². The molecule has 0 atom stereocenters. The second-order valence-electron chi connectivity index (χ2n) is 4.63. The number of imidazole rings is 1. The van der Waals surface area contributed by atoms with Crippen molar-refractivity contribution in [2.24, 2.45) is 0 Å². The van der Waals surface area contributed by atoms with Crippen molar-refractivity contribution in [3.8, 4) is 17.6 Å². The molecule has 0 saturated carbocycles. The van der Waals surface area contributed by atoms with E-state index in [1.54, 1.807) is 0 Å². The van der Waals surface area contributed by atoms with Crippen LogP contribution in [-0.2, 0) is 0 Å². The molecule has 0 aliphatic heterocycles. The second-order valence-corrected chi connectivity index (χ2v) is 5.49. The van der Waals surface area contributed by atoms with Crippen molar-refractivity contribution in [1.29, 1.82) is 5.26 Å². The number of rotatable bonds is 2. The topological polar surface area (TPSA) is 92.9 Å². The van der Waals surface area contributed by atoms with Gasteiger partial charge in [0.1, 0.15) is 23.4 Å². The number of hydrogen-bond acceptors (Lipinski definition) is 4. The predicted molar refractivity (Wildman–Crippen MR) is 87.0 cm³/mol. The number of para-hydroxylation sites is 2. The number of benzene rings is 2. The van der Waals surface area contributed by atoms with Gasteiger partial charge < -0.3 is 15.2 Å². The first-order valence-corrected chi connectivity index (χ1v) is 7.16. The minimum atomic E-state index is -0.121.